The molecular formula is C16H32N2O. The summed E-state index contributed by atoms with van der Waals surface area (Å²) in [5, 5.41) is 3.71. The Labute approximate surface area is 119 Å². The molecule has 3 atom stereocenters. The SMILES string of the molecule is CCNC1CCC(C)(C)CC1CN1CCC(OC)C1. The minimum absolute atomic E-state index is 0.467. The summed E-state index contributed by atoms with van der Waals surface area (Å²) in [6.45, 7) is 11.8. The Morgan fingerprint density at radius 1 is 1.32 bits per heavy atom. The number of likely N-dealkylation sites (tertiary alicyclic amines) is 1. The first kappa shape index (κ1) is 15.3. The van der Waals surface area contributed by atoms with E-state index in [0.717, 1.165) is 25.0 Å². The van der Waals surface area contributed by atoms with Crippen molar-refractivity contribution in [2.24, 2.45) is 11.3 Å². The minimum Gasteiger partial charge on any atom is -0.380 e. The third-order valence-electron chi connectivity index (χ3n) is 5.04. The molecule has 112 valence electrons. The first-order valence-corrected chi connectivity index (χ1v) is 8.02. The lowest BCUT2D eigenvalue weighted by Crippen LogP contribution is -2.47. The van der Waals surface area contributed by atoms with Crippen LogP contribution >= 0.6 is 0 Å². The third-order valence-corrected chi connectivity index (χ3v) is 5.04. The Hall–Kier alpha value is -0.120. The van der Waals surface area contributed by atoms with Crippen LogP contribution in [0.2, 0.25) is 0 Å². The van der Waals surface area contributed by atoms with Gasteiger partial charge in [0.1, 0.15) is 0 Å². The highest BCUT2D eigenvalue weighted by Gasteiger charge is 2.36. The monoisotopic (exact) mass is 268 g/mol. The van der Waals surface area contributed by atoms with Gasteiger partial charge in [-0.3, -0.25) is 0 Å². The molecule has 2 fully saturated rings. The fraction of sp³-hybridized carbons (Fsp3) is 1.00. The molecule has 0 aromatic carbocycles. The van der Waals surface area contributed by atoms with Crippen molar-refractivity contribution in [1.82, 2.24) is 10.2 Å². The molecule has 3 unspecified atom stereocenters. The van der Waals surface area contributed by atoms with Gasteiger partial charge in [0.15, 0.2) is 0 Å². The van der Waals surface area contributed by atoms with E-state index in [-0.39, 0.29) is 0 Å². The topological polar surface area (TPSA) is 24.5 Å². The van der Waals surface area contributed by atoms with Gasteiger partial charge in [-0.25, -0.2) is 0 Å². The molecule has 1 aliphatic carbocycles. The molecular weight excluding hydrogens is 236 g/mol. The lowest BCUT2D eigenvalue weighted by atomic mass is 9.69. The van der Waals surface area contributed by atoms with Crippen molar-refractivity contribution in [1.29, 1.82) is 0 Å². The molecule has 0 aromatic heterocycles. The summed E-state index contributed by atoms with van der Waals surface area (Å²) < 4.78 is 5.49. The normalized spacial score (nSPS) is 35.7. The molecule has 0 spiro atoms. The molecule has 1 saturated carbocycles. The molecule has 19 heavy (non-hydrogen) atoms. The number of ether oxygens (including phenoxy) is 1. The largest absolute Gasteiger partial charge is 0.380 e. The molecule has 3 nitrogen and oxygen atoms in total. The molecule has 2 rings (SSSR count). The van der Waals surface area contributed by atoms with Crippen molar-refractivity contribution in [3.63, 3.8) is 0 Å². The van der Waals surface area contributed by atoms with Gasteiger partial charge in [-0.05, 0) is 43.6 Å². The number of nitrogens with zero attached hydrogens (tertiary/aromatic N) is 1. The van der Waals surface area contributed by atoms with Crippen molar-refractivity contribution < 1.29 is 4.74 Å². The maximum atomic E-state index is 5.49. The zero-order chi connectivity index (χ0) is 13.9. The smallest absolute Gasteiger partial charge is 0.0710 e. The second kappa shape index (κ2) is 6.55. The van der Waals surface area contributed by atoms with E-state index in [1.54, 1.807) is 0 Å². The van der Waals surface area contributed by atoms with E-state index in [9.17, 15) is 0 Å². The van der Waals surface area contributed by atoms with Crippen molar-refractivity contribution in [2.75, 3.05) is 33.3 Å². The van der Waals surface area contributed by atoms with Gasteiger partial charge in [-0.1, -0.05) is 20.8 Å². The molecule has 1 heterocycles. The van der Waals surface area contributed by atoms with Crippen molar-refractivity contribution >= 4 is 0 Å². The summed E-state index contributed by atoms with van der Waals surface area (Å²) in [7, 11) is 1.85. The first-order valence-electron chi connectivity index (χ1n) is 8.02. The number of rotatable bonds is 5. The van der Waals surface area contributed by atoms with Gasteiger partial charge in [0.2, 0.25) is 0 Å². The molecule has 1 aliphatic heterocycles. The Bertz CT molecular complexity index is 280. The summed E-state index contributed by atoms with van der Waals surface area (Å²) in [4.78, 5) is 2.62. The second-order valence-electron chi connectivity index (χ2n) is 7.24. The minimum atomic E-state index is 0.467. The Morgan fingerprint density at radius 2 is 2.11 bits per heavy atom. The summed E-state index contributed by atoms with van der Waals surface area (Å²) in [6.07, 6.45) is 5.74. The van der Waals surface area contributed by atoms with Gasteiger partial charge in [0, 0.05) is 32.8 Å². The van der Waals surface area contributed by atoms with Crippen LogP contribution < -0.4 is 5.32 Å². The Morgan fingerprint density at radius 3 is 2.74 bits per heavy atom. The van der Waals surface area contributed by atoms with E-state index >= 15 is 0 Å². The quantitative estimate of drug-likeness (QED) is 0.829. The Balaban J connectivity index is 1.90. The molecule has 3 heteroatoms. The standard InChI is InChI=1S/C16H32N2O/c1-5-17-15-6-8-16(2,3)10-13(15)11-18-9-7-14(12-18)19-4/h13-15,17H,5-12H2,1-4H3. The third kappa shape index (κ3) is 4.17. The van der Waals surface area contributed by atoms with Crippen LogP contribution in [0.1, 0.15) is 46.5 Å². The van der Waals surface area contributed by atoms with Crippen LogP contribution in [0.25, 0.3) is 0 Å². The van der Waals surface area contributed by atoms with Crippen LogP contribution in [0, 0.1) is 11.3 Å². The van der Waals surface area contributed by atoms with Crippen LogP contribution in [0.5, 0.6) is 0 Å². The van der Waals surface area contributed by atoms with Crippen LogP contribution in [0.3, 0.4) is 0 Å². The molecule has 0 radical (unpaired) electrons. The zero-order valence-corrected chi connectivity index (χ0v) is 13.2. The Kier molecular flexibility index (Phi) is 5.27. The van der Waals surface area contributed by atoms with E-state index in [4.69, 9.17) is 4.74 Å². The lowest BCUT2D eigenvalue weighted by molar-refractivity contribution is 0.0864. The van der Waals surface area contributed by atoms with Crippen LogP contribution in [-0.2, 0) is 4.74 Å². The lowest BCUT2D eigenvalue weighted by Gasteiger charge is -2.42. The van der Waals surface area contributed by atoms with Crippen molar-refractivity contribution in [3.8, 4) is 0 Å². The van der Waals surface area contributed by atoms with E-state index in [1.807, 2.05) is 7.11 Å². The predicted octanol–water partition coefficient (Wildman–Crippen LogP) is 2.51. The van der Waals surface area contributed by atoms with Gasteiger partial charge in [-0.15, -0.1) is 0 Å². The molecule has 2 aliphatic rings. The number of nitrogens with one attached hydrogen (secondary N) is 1. The average Bonchev–Trinajstić information content (AvgIpc) is 2.80. The highest BCUT2D eigenvalue weighted by atomic mass is 16.5. The van der Waals surface area contributed by atoms with Crippen LogP contribution in [0.15, 0.2) is 0 Å². The van der Waals surface area contributed by atoms with Gasteiger partial charge in [0.05, 0.1) is 6.10 Å². The maximum Gasteiger partial charge on any atom is 0.0710 e. The van der Waals surface area contributed by atoms with Crippen LogP contribution in [-0.4, -0.2) is 50.3 Å². The van der Waals surface area contributed by atoms with Gasteiger partial charge >= 0.3 is 0 Å². The van der Waals surface area contributed by atoms with Crippen LogP contribution in [0.4, 0.5) is 0 Å². The number of hydrogen-bond donors (Lipinski definition) is 1. The number of hydrogen-bond acceptors (Lipinski definition) is 3. The average molecular weight is 268 g/mol. The predicted molar refractivity (Wildman–Crippen MR) is 80.4 cm³/mol. The fourth-order valence-corrected chi connectivity index (χ4v) is 3.95. The number of methoxy groups -OCH3 is 1. The first-order chi connectivity index (χ1) is 9.04. The summed E-state index contributed by atoms with van der Waals surface area (Å²) in [5.74, 6) is 0.805. The fourth-order valence-electron chi connectivity index (χ4n) is 3.95. The van der Waals surface area contributed by atoms with Gasteiger partial charge < -0.3 is 15.0 Å². The van der Waals surface area contributed by atoms with Crippen molar-refractivity contribution in [3.05, 3.63) is 0 Å². The van der Waals surface area contributed by atoms with Gasteiger partial charge in [0.25, 0.3) is 0 Å². The molecule has 1 saturated heterocycles. The van der Waals surface area contributed by atoms with Crippen molar-refractivity contribution in [2.45, 2.75) is 58.6 Å². The zero-order valence-electron chi connectivity index (χ0n) is 13.2. The maximum absolute atomic E-state index is 5.49. The molecule has 1 N–H and O–H groups in total. The van der Waals surface area contributed by atoms with Gasteiger partial charge in [-0.2, -0.15) is 0 Å². The molecule has 0 bridgehead atoms. The van der Waals surface area contributed by atoms with E-state index in [0.29, 0.717) is 11.5 Å². The van der Waals surface area contributed by atoms with E-state index in [2.05, 4.69) is 31.0 Å². The summed E-state index contributed by atoms with van der Waals surface area (Å²) >= 11 is 0. The highest BCUT2D eigenvalue weighted by molar-refractivity contribution is 4.91. The van der Waals surface area contributed by atoms with E-state index < -0.39 is 0 Å². The van der Waals surface area contributed by atoms with E-state index in [1.165, 1.54) is 38.8 Å². The second-order valence-corrected chi connectivity index (χ2v) is 7.24. The molecule has 0 aromatic rings. The molecule has 0 amide bonds. The summed E-state index contributed by atoms with van der Waals surface area (Å²) in [5.41, 5.74) is 0.525. The highest BCUT2D eigenvalue weighted by Crippen LogP contribution is 2.39. The summed E-state index contributed by atoms with van der Waals surface area (Å²) in [6, 6.07) is 0.722.